The van der Waals surface area contributed by atoms with E-state index < -0.39 is 0 Å². The normalized spacial score (nSPS) is 12.7. The maximum absolute atomic E-state index is 5.26. The van der Waals surface area contributed by atoms with E-state index in [4.69, 9.17) is 9.47 Å². The molecule has 0 saturated heterocycles. The van der Waals surface area contributed by atoms with Gasteiger partial charge in [0.2, 0.25) is 5.95 Å². The predicted octanol–water partition coefficient (Wildman–Crippen LogP) is 1.54. The number of hydrogen-bond acceptors (Lipinski definition) is 4. The summed E-state index contributed by atoms with van der Waals surface area (Å²) in [5, 5.41) is 3.24. The molecule has 0 aliphatic heterocycles. The maximum atomic E-state index is 5.26. The van der Waals surface area contributed by atoms with Gasteiger partial charge < -0.3 is 19.4 Å². The standard InChI is InChI=1S/C11H21N3O2/c1-4-16-8-6-13-11-12-5-7-14(11)10(2)9-15-3/h5,7,10H,4,6,8-9H2,1-3H3,(H,12,13). The minimum Gasteiger partial charge on any atom is -0.383 e. The van der Waals surface area contributed by atoms with Crippen LogP contribution in [0.1, 0.15) is 19.9 Å². The molecule has 1 N–H and O–H groups in total. The smallest absolute Gasteiger partial charge is 0.203 e. The first kappa shape index (κ1) is 13.0. The van der Waals surface area contributed by atoms with E-state index >= 15 is 0 Å². The van der Waals surface area contributed by atoms with Gasteiger partial charge in [0.25, 0.3) is 0 Å². The van der Waals surface area contributed by atoms with Crippen LogP contribution in [0.3, 0.4) is 0 Å². The van der Waals surface area contributed by atoms with Gasteiger partial charge in [-0.05, 0) is 13.8 Å². The molecule has 5 heteroatoms. The van der Waals surface area contributed by atoms with Gasteiger partial charge in [-0.2, -0.15) is 0 Å². The molecule has 1 aromatic heterocycles. The molecule has 1 unspecified atom stereocenters. The Bertz CT molecular complexity index is 289. The molecule has 92 valence electrons. The first-order valence-corrected chi connectivity index (χ1v) is 5.63. The fourth-order valence-corrected chi connectivity index (χ4v) is 1.51. The molecule has 0 saturated carbocycles. The van der Waals surface area contributed by atoms with Crippen molar-refractivity contribution in [3.63, 3.8) is 0 Å². The Labute approximate surface area is 96.8 Å². The van der Waals surface area contributed by atoms with Crippen molar-refractivity contribution >= 4 is 5.95 Å². The highest BCUT2D eigenvalue weighted by atomic mass is 16.5. The molecule has 1 aromatic rings. The molecule has 0 amide bonds. The summed E-state index contributed by atoms with van der Waals surface area (Å²) in [5.74, 6) is 0.865. The number of hydrogen-bond donors (Lipinski definition) is 1. The van der Waals surface area contributed by atoms with E-state index in [0.717, 1.165) is 19.1 Å². The molecule has 0 aromatic carbocycles. The Morgan fingerprint density at radius 1 is 1.56 bits per heavy atom. The minimum absolute atomic E-state index is 0.280. The lowest BCUT2D eigenvalue weighted by Gasteiger charge is -2.16. The van der Waals surface area contributed by atoms with Crippen molar-refractivity contribution < 1.29 is 9.47 Å². The number of nitrogens with one attached hydrogen (secondary N) is 1. The largest absolute Gasteiger partial charge is 0.383 e. The van der Waals surface area contributed by atoms with E-state index in [1.807, 2.05) is 13.1 Å². The average molecular weight is 227 g/mol. The summed E-state index contributed by atoms with van der Waals surface area (Å²) in [6.45, 7) is 6.97. The van der Waals surface area contributed by atoms with E-state index in [-0.39, 0.29) is 6.04 Å². The van der Waals surface area contributed by atoms with E-state index in [0.29, 0.717) is 13.2 Å². The van der Waals surface area contributed by atoms with Crippen LogP contribution < -0.4 is 5.32 Å². The van der Waals surface area contributed by atoms with Crippen molar-refractivity contribution in [3.8, 4) is 0 Å². The quantitative estimate of drug-likeness (QED) is 0.684. The summed E-state index contributed by atoms with van der Waals surface area (Å²) in [6.07, 6.45) is 3.74. The number of rotatable bonds is 8. The summed E-state index contributed by atoms with van der Waals surface area (Å²) in [5.41, 5.74) is 0. The highest BCUT2D eigenvalue weighted by Gasteiger charge is 2.08. The van der Waals surface area contributed by atoms with Crippen LogP contribution in [0.15, 0.2) is 12.4 Å². The van der Waals surface area contributed by atoms with Gasteiger partial charge in [-0.15, -0.1) is 0 Å². The number of nitrogens with zero attached hydrogens (tertiary/aromatic N) is 2. The second-order valence-electron chi connectivity index (χ2n) is 3.59. The second-order valence-corrected chi connectivity index (χ2v) is 3.59. The van der Waals surface area contributed by atoms with Crippen molar-refractivity contribution in [2.45, 2.75) is 19.9 Å². The maximum Gasteiger partial charge on any atom is 0.203 e. The van der Waals surface area contributed by atoms with E-state index in [2.05, 4.69) is 21.8 Å². The zero-order valence-electron chi connectivity index (χ0n) is 10.3. The van der Waals surface area contributed by atoms with Crippen LogP contribution in [-0.2, 0) is 9.47 Å². The highest BCUT2D eigenvalue weighted by molar-refractivity contribution is 5.26. The highest BCUT2D eigenvalue weighted by Crippen LogP contribution is 2.13. The predicted molar refractivity (Wildman–Crippen MR) is 63.8 cm³/mol. The van der Waals surface area contributed by atoms with Gasteiger partial charge in [-0.1, -0.05) is 0 Å². The van der Waals surface area contributed by atoms with Gasteiger partial charge in [0, 0.05) is 32.7 Å². The van der Waals surface area contributed by atoms with Crippen LogP contribution in [0.2, 0.25) is 0 Å². The Morgan fingerprint density at radius 3 is 3.06 bits per heavy atom. The Balaban J connectivity index is 2.43. The van der Waals surface area contributed by atoms with Crippen molar-refractivity contribution in [1.29, 1.82) is 0 Å². The molecule has 0 aliphatic carbocycles. The minimum atomic E-state index is 0.280. The molecule has 0 spiro atoms. The van der Waals surface area contributed by atoms with Crippen LogP contribution in [0.5, 0.6) is 0 Å². The molecule has 0 aliphatic rings. The third-order valence-electron chi connectivity index (χ3n) is 2.29. The van der Waals surface area contributed by atoms with E-state index in [1.54, 1.807) is 13.3 Å². The monoisotopic (exact) mass is 227 g/mol. The number of anilines is 1. The van der Waals surface area contributed by atoms with Crippen LogP contribution in [0.4, 0.5) is 5.95 Å². The molecule has 1 atom stereocenters. The lowest BCUT2D eigenvalue weighted by molar-refractivity contribution is 0.156. The summed E-state index contributed by atoms with van der Waals surface area (Å²) in [4.78, 5) is 4.26. The van der Waals surface area contributed by atoms with Crippen molar-refractivity contribution in [1.82, 2.24) is 9.55 Å². The fourth-order valence-electron chi connectivity index (χ4n) is 1.51. The van der Waals surface area contributed by atoms with Crippen LogP contribution in [0.25, 0.3) is 0 Å². The van der Waals surface area contributed by atoms with Gasteiger partial charge in [0.1, 0.15) is 0 Å². The molecular formula is C11H21N3O2. The zero-order chi connectivity index (χ0) is 11.8. The molecule has 1 rings (SSSR count). The van der Waals surface area contributed by atoms with Crippen LogP contribution in [-0.4, -0.2) is 43.0 Å². The first-order chi connectivity index (χ1) is 7.79. The zero-order valence-corrected chi connectivity index (χ0v) is 10.3. The molecule has 0 fully saturated rings. The van der Waals surface area contributed by atoms with Gasteiger partial charge in [0.15, 0.2) is 0 Å². The Kier molecular flexibility index (Phi) is 5.88. The number of ether oxygens (including phenoxy) is 2. The van der Waals surface area contributed by atoms with Gasteiger partial charge in [-0.25, -0.2) is 4.98 Å². The van der Waals surface area contributed by atoms with Gasteiger partial charge >= 0.3 is 0 Å². The molecular weight excluding hydrogens is 206 g/mol. The summed E-state index contributed by atoms with van der Waals surface area (Å²) >= 11 is 0. The summed E-state index contributed by atoms with van der Waals surface area (Å²) in [7, 11) is 1.70. The van der Waals surface area contributed by atoms with E-state index in [1.165, 1.54) is 0 Å². The molecule has 1 heterocycles. The lowest BCUT2D eigenvalue weighted by atomic mass is 10.3. The Morgan fingerprint density at radius 2 is 2.38 bits per heavy atom. The second kappa shape index (κ2) is 7.24. The average Bonchev–Trinajstić information content (AvgIpc) is 2.73. The topological polar surface area (TPSA) is 48.3 Å². The van der Waals surface area contributed by atoms with Crippen molar-refractivity contribution in [2.24, 2.45) is 0 Å². The van der Waals surface area contributed by atoms with Gasteiger partial charge in [-0.3, -0.25) is 0 Å². The lowest BCUT2D eigenvalue weighted by Crippen LogP contribution is -2.17. The number of methoxy groups -OCH3 is 1. The summed E-state index contributed by atoms with van der Waals surface area (Å²) < 4.78 is 12.4. The summed E-state index contributed by atoms with van der Waals surface area (Å²) in [6, 6.07) is 0.280. The van der Waals surface area contributed by atoms with Crippen LogP contribution >= 0.6 is 0 Å². The van der Waals surface area contributed by atoms with E-state index in [9.17, 15) is 0 Å². The van der Waals surface area contributed by atoms with Gasteiger partial charge in [0.05, 0.1) is 19.3 Å². The number of aromatic nitrogens is 2. The molecule has 16 heavy (non-hydrogen) atoms. The fraction of sp³-hybridized carbons (Fsp3) is 0.727. The SMILES string of the molecule is CCOCCNc1nccn1C(C)COC. The first-order valence-electron chi connectivity index (χ1n) is 5.63. The third-order valence-corrected chi connectivity index (χ3v) is 2.29. The molecule has 0 bridgehead atoms. The van der Waals surface area contributed by atoms with Crippen molar-refractivity contribution in [2.75, 3.05) is 38.8 Å². The van der Waals surface area contributed by atoms with Crippen LogP contribution in [0, 0.1) is 0 Å². The third kappa shape index (κ3) is 3.83. The molecule has 0 radical (unpaired) electrons. The molecule has 5 nitrogen and oxygen atoms in total. The number of imidazole rings is 1. The Hall–Kier alpha value is -1.07. The van der Waals surface area contributed by atoms with Crippen molar-refractivity contribution in [3.05, 3.63) is 12.4 Å².